The van der Waals surface area contributed by atoms with E-state index in [9.17, 15) is 53.1 Å². The van der Waals surface area contributed by atoms with Gasteiger partial charge in [0.2, 0.25) is 53.2 Å². The number of amides is 9. The number of nitrogens with two attached hydrogens (primary N) is 7. The second-order valence-electron chi connectivity index (χ2n) is 15.8. The molecule has 1 aromatic rings. The summed E-state index contributed by atoms with van der Waals surface area (Å²) in [5.41, 5.74) is 39.7. The van der Waals surface area contributed by atoms with Crippen molar-refractivity contribution in [3.63, 3.8) is 0 Å². The molecule has 0 spiro atoms. The molecule has 0 fully saturated rings. The fourth-order valence-corrected chi connectivity index (χ4v) is 6.49. The third-order valence-corrected chi connectivity index (χ3v) is 10.2. The fraction of sp³-hybridized carbons (Fsp3) is 0.675. The topological polar surface area (TPSA) is 486 Å². The Morgan fingerprint density at radius 1 is 0.522 bits per heavy atom. The highest BCUT2D eigenvalue weighted by Crippen LogP contribution is 2.09. The summed E-state index contributed by atoms with van der Waals surface area (Å²) in [5.74, 6) is -9.46. The average Bonchev–Trinajstić information content (AvgIpc) is 3.79. The number of aromatic nitrogens is 2. The zero-order valence-corrected chi connectivity index (χ0v) is 37.9. The maximum absolute atomic E-state index is 13.7. The van der Waals surface area contributed by atoms with Crippen LogP contribution in [-0.2, 0) is 54.4 Å². The van der Waals surface area contributed by atoms with Crippen LogP contribution in [0.5, 0.6) is 0 Å². The van der Waals surface area contributed by atoms with Crippen molar-refractivity contribution in [3.8, 4) is 0 Å². The third-order valence-electron chi connectivity index (χ3n) is 10.2. The number of aliphatic carboxylic acids is 1. The van der Waals surface area contributed by atoms with Gasteiger partial charge in [-0.1, -0.05) is 0 Å². The van der Waals surface area contributed by atoms with Crippen LogP contribution in [0, 0.1) is 0 Å². The SMILES string of the molecule is NCCCC[C@H](NC(=O)CNC(=O)[C@H](CCCCN)NC(=O)[C@H](CC(N)=O)NC(=O)[C@H](CCCCN)NC(=O)[C@@H](N)Cc1cnc[nH]1)C(=O)N[C@@H](CCCCN)C(=O)N[C@@H](CC(N)=O)C(=O)O. The van der Waals surface area contributed by atoms with Gasteiger partial charge in [-0.15, -0.1) is 0 Å². The molecule has 27 heteroatoms. The van der Waals surface area contributed by atoms with Crippen molar-refractivity contribution >= 4 is 59.1 Å². The van der Waals surface area contributed by atoms with Crippen LogP contribution in [0.15, 0.2) is 12.5 Å². The molecular formula is C40H72N16O11. The van der Waals surface area contributed by atoms with Crippen LogP contribution < -0.4 is 77.4 Å². The Morgan fingerprint density at radius 3 is 1.30 bits per heavy atom. The van der Waals surface area contributed by atoms with E-state index < -0.39 is 121 Å². The first-order chi connectivity index (χ1) is 31.9. The molecule has 1 aromatic heterocycles. The Balaban J connectivity index is 3.20. The lowest BCUT2D eigenvalue weighted by molar-refractivity contribution is -0.143. The second-order valence-corrected chi connectivity index (χ2v) is 15.8. The maximum atomic E-state index is 13.7. The van der Waals surface area contributed by atoms with Crippen molar-refractivity contribution in [1.29, 1.82) is 0 Å². The molecular weight excluding hydrogens is 881 g/mol. The number of nitrogens with one attached hydrogen (secondary N) is 8. The minimum Gasteiger partial charge on any atom is -0.480 e. The Hall–Kier alpha value is -6.29. The summed E-state index contributed by atoms with van der Waals surface area (Å²) in [6.07, 6.45) is 4.97. The zero-order valence-electron chi connectivity index (χ0n) is 37.9. The highest BCUT2D eigenvalue weighted by Gasteiger charge is 2.33. The van der Waals surface area contributed by atoms with Crippen molar-refractivity contribution in [1.82, 2.24) is 47.2 Å². The van der Waals surface area contributed by atoms with E-state index in [1.54, 1.807) is 0 Å². The molecule has 0 aliphatic rings. The predicted octanol–water partition coefficient (Wildman–Crippen LogP) is -6.34. The van der Waals surface area contributed by atoms with Gasteiger partial charge >= 0.3 is 5.97 Å². The Labute approximate surface area is 388 Å². The Morgan fingerprint density at radius 2 is 0.896 bits per heavy atom. The van der Waals surface area contributed by atoms with Gasteiger partial charge in [-0.25, -0.2) is 9.78 Å². The molecule has 0 aliphatic carbocycles. The quantitative estimate of drug-likeness (QED) is 0.0276. The molecule has 7 atom stereocenters. The standard InChI is InChI=1S/C40H72N16O11/c41-13-5-1-9-25(53-39(65)29(18-31(46)57)55-37(63)27(11-3-7-15-43)52-34(60)24(45)17-23-20-48-22-50-23)35(61)49-21-33(59)51-26(10-2-6-14-42)36(62)54-28(12-4-8-16-44)38(64)56-30(40(66)67)19-32(47)58/h20,22,24-30H,1-19,21,41-45H2,(H2,46,57)(H2,47,58)(H,48,50)(H,49,61)(H,51,59)(H,52,60)(H,53,65)(H,54,62)(H,55,63)(H,56,64)(H,66,67)/t24-,25-,26-,27-,28-,29-,30-/m0/s1. The van der Waals surface area contributed by atoms with Gasteiger partial charge in [0, 0.05) is 18.3 Å². The number of aromatic amines is 1. The maximum Gasteiger partial charge on any atom is 0.326 e. The summed E-state index contributed by atoms with van der Waals surface area (Å²) in [7, 11) is 0. The van der Waals surface area contributed by atoms with E-state index in [4.69, 9.17) is 40.1 Å². The van der Waals surface area contributed by atoms with Crippen molar-refractivity contribution in [2.45, 2.75) is 139 Å². The van der Waals surface area contributed by atoms with E-state index in [1.807, 2.05) is 0 Å². The molecule has 0 radical (unpaired) electrons. The lowest BCUT2D eigenvalue weighted by Gasteiger charge is -2.26. The van der Waals surface area contributed by atoms with Crippen molar-refractivity contribution < 1.29 is 53.1 Å². The van der Waals surface area contributed by atoms with Crippen LogP contribution in [0.4, 0.5) is 0 Å². The minimum absolute atomic E-state index is 0.000470. The summed E-state index contributed by atoms with van der Waals surface area (Å²) in [4.78, 5) is 136. The fourth-order valence-electron chi connectivity index (χ4n) is 6.49. The van der Waals surface area contributed by atoms with Gasteiger partial charge < -0.3 is 87.4 Å². The molecule has 378 valence electrons. The molecule has 0 saturated heterocycles. The first-order valence-electron chi connectivity index (χ1n) is 22.3. The van der Waals surface area contributed by atoms with Crippen LogP contribution in [0.3, 0.4) is 0 Å². The van der Waals surface area contributed by atoms with Crippen molar-refractivity contribution in [2.24, 2.45) is 40.1 Å². The van der Waals surface area contributed by atoms with Gasteiger partial charge in [-0.3, -0.25) is 43.2 Å². The van der Waals surface area contributed by atoms with Crippen LogP contribution in [0.25, 0.3) is 0 Å². The van der Waals surface area contributed by atoms with Crippen molar-refractivity contribution in [2.75, 3.05) is 32.7 Å². The van der Waals surface area contributed by atoms with Crippen LogP contribution in [0.2, 0.25) is 0 Å². The first kappa shape index (κ1) is 58.7. The summed E-state index contributed by atoms with van der Waals surface area (Å²) in [6.45, 7) is 0.350. The number of carboxylic acid groups (broad SMARTS) is 1. The number of imidazole rings is 1. The highest BCUT2D eigenvalue weighted by atomic mass is 16.4. The Kier molecular flexibility index (Phi) is 29.1. The highest BCUT2D eigenvalue weighted by molar-refractivity contribution is 5.98. The molecule has 0 aliphatic heterocycles. The Bertz CT molecular complexity index is 1750. The number of carbonyl (C=O) groups is 10. The minimum atomic E-state index is -1.67. The number of H-pyrrole nitrogens is 1. The van der Waals surface area contributed by atoms with E-state index in [0.29, 0.717) is 63.6 Å². The number of unbranched alkanes of at least 4 members (excludes halogenated alkanes) is 4. The number of rotatable bonds is 37. The molecule has 67 heavy (non-hydrogen) atoms. The number of nitrogens with zero attached hydrogens (tertiary/aromatic N) is 1. The number of carbonyl (C=O) groups excluding carboxylic acids is 9. The second kappa shape index (κ2) is 33.2. The van der Waals surface area contributed by atoms with E-state index >= 15 is 0 Å². The molecule has 9 amide bonds. The van der Waals surface area contributed by atoms with Gasteiger partial charge in [0.25, 0.3) is 0 Å². The smallest absolute Gasteiger partial charge is 0.326 e. The molecule has 0 bridgehead atoms. The number of hydrogen-bond acceptors (Lipinski definition) is 16. The number of carboxylic acids is 1. The van der Waals surface area contributed by atoms with Gasteiger partial charge in [0.15, 0.2) is 0 Å². The summed E-state index contributed by atoms with van der Waals surface area (Å²) in [5, 5.41) is 26.7. The lowest BCUT2D eigenvalue weighted by atomic mass is 10.0. The largest absolute Gasteiger partial charge is 0.480 e. The van der Waals surface area contributed by atoms with E-state index in [1.165, 1.54) is 12.5 Å². The van der Waals surface area contributed by atoms with Crippen LogP contribution >= 0.6 is 0 Å². The molecule has 1 rings (SSSR count). The average molecular weight is 953 g/mol. The molecule has 1 heterocycles. The number of primary amides is 2. The normalized spacial score (nSPS) is 14.1. The first-order valence-corrected chi connectivity index (χ1v) is 22.3. The molecule has 27 nitrogen and oxygen atoms in total. The van der Waals surface area contributed by atoms with E-state index in [0.717, 1.165) is 0 Å². The van der Waals surface area contributed by atoms with Gasteiger partial charge in [-0.05, 0) is 103 Å². The van der Waals surface area contributed by atoms with Crippen LogP contribution in [0.1, 0.15) is 95.6 Å². The summed E-state index contributed by atoms with van der Waals surface area (Å²) >= 11 is 0. The van der Waals surface area contributed by atoms with E-state index in [2.05, 4.69) is 47.2 Å². The van der Waals surface area contributed by atoms with Crippen molar-refractivity contribution in [3.05, 3.63) is 18.2 Å². The predicted molar refractivity (Wildman–Crippen MR) is 242 cm³/mol. The summed E-state index contributed by atoms with van der Waals surface area (Å²) in [6, 6.07) is -9.49. The van der Waals surface area contributed by atoms with Crippen LogP contribution in [-0.4, -0.2) is 149 Å². The molecule has 0 saturated carbocycles. The monoisotopic (exact) mass is 953 g/mol. The van der Waals surface area contributed by atoms with Gasteiger partial charge in [0.1, 0.15) is 36.3 Å². The molecule has 0 unspecified atom stereocenters. The molecule has 23 N–H and O–H groups in total. The zero-order chi connectivity index (χ0) is 50.3. The third kappa shape index (κ3) is 24.7. The summed E-state index contributed by atoms with van der Waals surface area (Å²) < 4.78 is 0. The van der Waals surface area contributed by atoms with Gasteiger partial charge in [0.05, 0.1) is 31.8 Å². The lowest BCUT2D eigenvalue weighted by Crippen LogP contribution is -2.59. The molecule has 0 aromatic carbocycles. The van der Waals surface area contributed by atoms with E-state index in [-0.39, 0.29) is 51.7 Å². The number of hydrogen-bond donors (Lipinski definition) is 16. The van der Waals surface area contributed by atoms with Gasteiger partial charge in [-0.2, -0.15) is 0 Å².